The summed E-state index contributed by atoms with van der Waals surface area (Å²) < 4.78 is 6.75. The third kappa shape index (κ3) is 3.38. The third-order valence-corrected chi connectivity index (χ3v) is 2.51. The summed E-state index contributed by atoms with van der Waals surface area (Å²) in [4.78, 5) is 0. The second-order valence-corrected chi connectivity index (χ2v) is 4.61. The lowest BCUT2D eigenvalue weighted by atomic mass is 10.0. The summed E-state index contributed by atoms with van der Waals surface area (Å²) in [7, 11) is 0. The Balaban J connectivity index is 3.08. The van der Waals surface area contributed by atoms with E-state index in [1.807, 2.05) is 38.1 Å². The van der Waals surface area contributed by atoms with Crippen molar-refractivity contribution in [2.75, 3.05) is 0 Å². The molecule has 1 aromatic rings. The minimum absolute atomic E-state index is 0.0521. The molecule has 1 nitrogen and oxygen atoms in total. The first-order valence-electron chi connectivity index (χ1n) is 4.96. The summed E-state index contributed by atoms with van der Waals surface area (Å²) >= 11 is 3.44. The highest BCUT2D eigenvalue weighted by molar-refractivity contribution is 9.10. The second kappa shape index (κ2) is 5.36. The molecular weight excluding hydrogens is 252 g/mol. The Labute approximate surface area is 100 Å². The van der Waals surface area contributed by atoms with Gasteiger partial charge in [-0.25, -0.2) is 0 Å². The van der Waals surface area contributed by atoms with Crippen LogP contribution in [-0.2, 0) is 0 Å². The molecule has 0 aliphatic heterocycles. The van der Waals surface area contributed by atoms with Gasteiger partial charge >= 0.3 is 0 Å². The fourth-order valence-electron chi connectivity index (χ4n) is 1.30. The summed E-state index contributed by atoms with van der Waals surface area (Å²) in [5.41, 5.74) is 1.06. The van der Waals surface area contributed by atoms with Gasteiger partial charge in [0.2, 0.25) is 0 Å². The van der Waals surface area contributed by atoms with Crippen molar-refractivity contribution in [3.63, 3.8) is 0 Å². The molecule has 0 aromatic heterocycles. The number of ether oxygens (including phenoxy) is 1. The van der Waals surface area contributed by atoms with Gasteiger partial charge in [0, 0.05) is 16.0 Å². The molecule has 0 saturated heterocycles. The Morgan fingerprint density at radius 1 is 1.40 bits per heavy atom. The lowest BCUT2D eigenvalue weighted by Gasteiger charge is -2.17. The molecular formula is C13H16BrO. The van der Waals surface area contributed by atoms with E-state index < -0.39 is 0 Å². The molecule has 1 rings (SSSR count). The topological polar surface area (TPSA) is 9.23 Å². The highest BCUT2D eigenvalue weighted by Gasteiger charge is 2.10. The molecule has 1 radical (unpaired) electrons. The van der Waals surface area contributed by atoms with Gasteiger partial charge in [-0.2, -0.15) is 0 Å². The van der Waals surface area contributed by atoms with Crippen molar-refractivity contribution in [1.82, 2.24) is 0 Å². The van der Waals surface area contributed by atoms with Crippen LogP contribution in [0.15, 0.2) is 35.3 Å². The van der Waals surface area contributed by atoms with Gasteiger partial charge in [0.1, 0.15) is 5.75 Å². The zero-order chi connectivity index (χ0) is 11.4. The molecule has 0 bridgehead atoms. The normalized spacial score (nSPS) is 12.6. The van der Waals surface area contributed by atoms with E-state index >= 15 is 0 Å². The molecule has 0 amide bonds. The molecule has 15 heavy (non-hydrogen) atoms. The number of hydrogen-bond donors (Lipinski definition) is 0. The maximum Gasteiger partial charge on any atom is 0.123 e. The average molecular weight is 268 g/mol. The van der Waals surface area contributed by atoms with Crippen LogP contribution in [0.3, 0.4) is 0 Å². The van der Waals surface area contributed by atoms with Crippen LogP contribution in [0.5, 0.6) is 5.75 Å². The fraction of sp³-hybridized carbons (Fsp3) is 0.308. The molecule has 81 valence electrons. The minimum atomic E-state index is 0.0521. The Bertz CT molecular complexity index is 344. The molecule has 0 saturated carbocycles. The zero-order valence-corrected chi connectivity index (χ0v) is 10.8. The van der Waals surface area contributed by atoms with Crippen molar-refractivity contribution in [2.24, 2.45) is 0 Å². The minimum Gasteiger partial charge on any atom is -0.491 e. The van der Waals surface area contributed by atoms with Crippen molar-refractivity contribution >= 4 is 15.9 Å². The van der Waals surface area contributed by atoms with Crippen LogP contribution in [0, 0.1) is 6.92 Å². The lowest BCUT2D eigenvalue weighted by molar-refractivity contribution is 0.240. The Morgan fingerprint density at radius 3 is 2.60 bits per heavy atom. The maximum absolute atomic E-state index is 5.71. The van der Waals surface area contributed by atoms with Crippen LogP contribution < -0.4 is 4.74 Å². The van der Waals surface area contributed by atoms with E-state index in [2.05, 4.69) is 29.4 Å². The van der Waals surface area contributed by atoms with Gasteiger partial charge in [-0.1, -0.05) is 22.0 Å². The van der Waals surface area contributed by atoms with E-state index in [1.54, 1.807) is 0 Å². The van der Waals surface area contributed by atoms with Crippen molar-refractivity contribution in [3.05, 3.63) is 47.8 Å². The molecule has 1 unspecified atom stereocenters. The maximum atomic E-state index is 5.71. The zero-order valence-electron chi connectivity index (χ0n) is 9.16. The predicted molar refractivity (Wildman–Crippen MR) is 68.2 cm³/mol. The molecule has 0 spiro atoms. The van der Waals surface area contributed by atoms with E-state index in [0.29, 0.717) is 0 Å². The number of benzene rings is 1. The highest BCUT2D eigenvalue weighted by atomic mass is 79.9. The fourth-order valence-corrected chi connectivity index (χ4v) is 1.68. The number of allylic oxidation sites excluding steroid dienone is 1. The Kier molecular flexibility index (Phi) is 4.40. The van der Waals surface area contributed by atoms with Crippen LogP contribution in [0.4, 0.5) is 0 Å². The number of hydrogen-bond acceptors (Lipinski definition) is 1. The average Bonchev–Trinajstić information content (AvgIpc) is 2.19. The Morgan fingerprint density at radius 2 is 2.07 bits per heavy atom. The summed E-state index contributed by atoms with van der Waals surface area (Å²) in [6.45, 7) is 11.8. The lowest BCUT2D eigenvalue weighted by Crippen LogP contribution is -2.08. The van der Waals surface area contributed by atoms with E-state index in [-0.39, 0.29) is 12.0 Å². The standard InChI is InChI=1S/C13H16BrO/c1-5-10(4)12-8-11(14)6-7-13(12)15-9(2)3/h5-10H,1,4H2,2-3H3. The summed E-state index contributed by atoms with van der Waals surface area (Å²) in [5, 5.41) is 0. The van der Waals surface area contributed by atoms with Crippen LogP contribution in [0.1, 0.15) is 25.3 Å². The van der Waals surface area contributed by atoms with E-state index in [1.165, 1.54) is 0 Å². The van der Waals surface area contributed by atoms with Crippen molar-refractivity contribution in [3.8, 4) is 5.75 Å². The molecule has 0 fully saturated rings. The molecule has 0 heterocycles. The van der Waals surface area contributed by atoms with Gasteiger partial charge in [0.25, 0.3) is 0 Å². The molecule has 1 atom stereocenters. The first kappa shape index (κ1) is 12.3. The second-order valence-electron chi connectivity index (χ2n) is 3.69. The van der Waals surface area contributed by atoms with Gasteiger partial charge in [-0.05, 0) is 39.0 Å². The summed E-state index contributed by atoms with van der Waals surface area (Å²) in [6, 6.07) is 5.95. The Hall–Kier alpha value is -0.760. The first-order chi connectivity index (χ1) is 7.04. The van der Waals surface area contributed by atoms with Crippen molar-refractivity contribution < 1.29 is 4.74 Å². The van der Waals surface area contributed by atoms with Gasteiger partial charge in [0.05, 0.1) is 6.10 Å². The third-order valence-electron chi connectivity index (χ3n) is 2.02. The van der Waals surface area contributed by atoms with Crippen molar-refractivity contribution in [2.45, 2.75) is 25.9 Å². The van der Waals surface area contributed by atoms with Crippen LogP contribution >= 0.6 is 15.9 Å². The summed E-state index contributed by atoms with van der Waals surface area (Å²) in [5.74, 6) is 0.935. The van der Waals surface area contributed by atoms with Gasteiger partial charge in [-0.15, -0.1) is 6.58 Å². The van der Waals surface area contributed by atoms with E-state index in [4.69, 9.17) is 4.74 Å². The largest absolute Gasteiger partial charge is 0.491 e. The van der Waals surface area contributed by atoms with Gasteiger partial charge in [-0.3, -0.25) is 0 Å². The predicted octanol–water partition coefficient (Wildman–Crippen LogP) is 4.34. The quantitative estimate of drug-likeness (QED) is 0.738. The smallest absolute Gasteiger partial charge is 0.123 e. The molecule has 2 heteroatoms. The van der Waals surface area contributed by atoms with Crippen LogP contribution in [0.2, 0.25) is 0 Å². The number of rotatable bonds is 4. The molecule has 0 aliphatic rings. The van der Waals surface area contributed by atoms with Crippen molar-refractivity contribution in [1.29, 1.82) is 0 Å². The van der Waals surface area contributed by atoms with Gasteiger partial charge in [0.15, 0.2) is 0 Å². The van der Waals surface area contributed by atoms with E-state index in [0.717, 1.165) is 15.8 Å². The molecule has 1 aromatic carbocycles. The monoisotopic (exact) mass is 267 g/mol. The molecule has 0 N–H and O–H groups in total. The summed E-state index contributed by atoms with van der Waals surface area (Å²) in [6.07, 6.45) is 1.98. The first-order valence-corrected chi connectivity index (χ1v) is 5.75. The van der Waals surface area contributed by atoms with Crippen LogP contribution in [0.25, 0.3) is 0 Å². The van der Waals surface area contributed by atoms with E-state index in [9.17, 15) is 0 Å². The van der Waals surface area contributed by atoms with Crippen LogP contribution in [-0.4, -0.2) is 6.10 Å². The SMILES string of the molecule is [CH2]C(C=C)c1cc(Br)ccc1OC(C)C. The highest BCUT2D eigenvalue weighted by Crippen LogP contribution is 2.30. The molecule has 0 aliphatic carbocycles. The number of halogens is 1. The van der Waals surface area contributed by atoms with Gasteiger partial charge < -0.3 is 4.74 Å².